The predicted molar refractivity (Wildman–Crippen MR) is 76.8 cm³/mol. The van der Waals surface area contributed by atoms with E-state index in [-0.39, 0.29) is 25.0 Å². The quantitative estimate of drug-likeness (QED) is 0.815. The fourth-order valence-electron chi connectivity index (χ4n) is 2.38. The Labute approximate surface area is 122 Å². The molecule has 2 N–H and O–H groups in total. The lowest BCUT2D eigenvalue weighted by Gasteiger charge is -2.38. The fraction of sp³-hybridized carbons (Fsp3) is 0.385. The Hall–Kier alpha value is -2.09. The van der Waals surface area contributed by atoms with Gasteiger partial charge < -0.3 is 15.5 Å². The third-order valence-corrected chi connectivity index (χ3v) is 5.29. The molecule has 2 aliphatic rings. The van der Waals surface area contributed by atoms with Crippen molar-refractivity contribution in [2.75, 3.05) is 24.7 Å². The number of hydrogen-bond donors (Lipinski definition) is 2. The number of hydrogen-bond acceptors (Lipinski definition) is 4. The topological polar surface area (TPSA) is 95.6 Å². The number of nitrogens with zero attached hydrogens (tertiary/aromatic N) is 1. The van der Waals surface area contributed by atoms with Crippen molar-refractivity contribution in [2.45, 2.75) is 11.8 Å². The second kappa shape index (κ2) is 4.73. The molecule has 0 aromatic heterocycles. The maximum absolute atomic E-state index is 12.3. The van der Waals surface area contributed by atoms with Crippen molar-refractivity contribution in [1.82, 2.24) is 10.2 Å². The first-order valence-corrected chi connectivity index (χ1v) is 8.46. The van der Waals surface area contributed by atoms with Gasteiger partial charge in [0.2, 0.25) is 0 Å². The largest absolute Gasteiger partial charge is 0.336 e. The van der Waals surface area contributed by atoms with Crippen LogP contribution in [0.25, 0.3) is 0 Å². The molecule has 0 aliphatic carbocycles. The summed E-state index contributed by atoms with van der Waals surface area (Å²) in [6.45, 7) is 0.876. The summed E-state index contributed by atoms with van der Waals surface area (Å²) >= 11 is 0. The summed E-state index contributed by atoms with van der Waals surface area (Å²) in [7, 11) is -3.10. The molecule has 7 nitrogen and oxygen atoms in total. The van der Waals surface area contributed by atoms with Gasteiger partial charge in [-0.25, -0.2) is 13.2 Å². The van der Waals surface area contributed by atoms with Crippen LogP contribution in [0.4, 0.5) is 10.5 Å². The summed E-state index contributed by atoms with van der Waals surface area (Å²) in [6, 6.07) is 4.80. The minimum Gasteiger partial charge on any atom is -0.336 e. The zero-order valence-corrected chi connectivity index (χ0v) is 12.2. The van der Waals surface area contributed by atoms with Crippen molar-refractivity contribution >= 4 is 27.5 Å². The van der Waals surface area contributed by atoms with Crippen LogP contribution in [0.1, 0.15) is 15.9 Å². The molecule has 3 rings (SSSR count). The van der Waals surface area contributed by atoms with E-state index < -0.39 is 15.1 Å². The number of carbonyl (C=O) groups is 2. The highest BCUT2D eigenvalue weighted by molar-refractivity contribution is 7.91. The Morgan fingerprint density at radius 3 is 2.71 bits per heavy atom. The lowest BCUT2D eigenvalue weighted by molar-refractivity contribution is 0.0659. The summed E-state index contributed by atoms with van der Waals surface area (Å²) < 4.78 is 22.7. The highest BCUT2D eigenvalue weighted by atomic mass is 32.2. The molecule has 112 valence electrons. The first kappa shape index (κ1) is 13.9. The van der Waals surface area contributed by atoms with E-state index >= 15 is 0 Å². The number of anilines is 1. The number of likely N-dealkylation sites (tertiary alicyclic amines) is 1. The highest BCUT2D eigenvalue weighted by Gasteiger charge is 2.37. The Morgan fingerprint density at radius 2 is 2.05 bits per heavy atom. The van der Waals surface area contributed by atoms with Crippen molar-refractivity contribution in [2.24, 2.45) is 0 Å². The van der Waals surface area contributed by atoms with E-state index in [0.717, 1.165) is 5.56 Å². The number of rotatable bonds is 2. The van der Waals surface area contributed by atoms with Crippen molar-refractivity contribution in [1.29, 1.82) is 0 Å². The van der Waals surface area contributed by atoms with Gasteiger partial charge in [0.25, 0.3) is 5.91 Å². The van der Waals surface area contributed by atoms with Crippen LogP contribution in [-0.4, -0.2) is 49.9 Å². The number of urea groups is 1. The van der Waals surface area contributed by atoms with Crippen LogP contribution in [-0.2, 0) is 16.4 Å². The highest BCUT2D eigenvalue weighted by Crippen LogP contribution is 2.24. The van der Waals surface area contributed by atoms with Crippen LogP contribution in [0.3, 0.4) is 0 Å². The molecule has 1 fully saturated rings. The Bertz CT molecular complexity index is 723. The zero-order valence-electron chi connectivity index (χ0n) is 11.4. The maximum atomic E-state index is 12.3. The van der Waals surface area contributed by atoms with Gasteiger partial charge in [0.1, 0.15) is 0 Å². The Balaban J connectivity index is 1.75. The van der Waals surface area contributed by atoms with Crippen LogP contribution in [0.2, 0.25) is 0 Å². The summed E-state index contributed by atoms with van der Waals surface area (Å²) in [4.78, 5) is 25.0. The minimum atomic E-state index is -3.10. The number of fused-ring (bicyclic) bond motifs is 1. The van der Waals surface area contributed by atoms with Crippen LogP contribution in [0.5, 0.6) is 0 Å². The standard InChI is InChI=1S/C13H15N3O4S/c1-21(19,20)10-6-16(7-10)12(17)8-2-3-9-5-14-13(18)15-11(9)4-8/h2-4,10H,5-7H2,1H3,(H2,14,15,18). The third-order valence-electron chi connectivity index (χ3n) is 3.79. The molecule has 3 amide bonds. The van der Waals surface area contributed by atoms with Gasteiger partial charge in [0.15, 0.2) is 9.84 Å². The van der Waals surface area contributed by atoms with E-state index in [0.29, 0.717) is 17.8 Å². The summed E-state index contributed by atoms with van der Waals surface area (Å²) in [5.41, 5.74) is 1.97. The molecule has 0 atom stereocenters. The third kappa shape index (κ3) is 2.58. The smallest absolute Gasteiger partial charge is 0.319 e. The monoisotopic (exact) mass is 309 g/mol. The van der Waals surface area contributed by atoms with Crippen molar-refractivity contribution in [3.05, 3.63) is 29.3 Å². The molecule has 0 bridgehead atoms. The first-order chi connectivity index (χ1) is 9.84. The molecule has 0 spiro atoms. The second-order valence-electron chi connectivity index (χ2n) is 5.34. The minimum absolute atomic E-state index is 0.217. The SMILES string of the molecule is CS(=O)(=O)C1CN(C(=O)c2ccc3c(c2)NC(=O)NC3)C1. The van der Waals surface area contributed by atoms with Gasteiger partial charge in [0, 0.05) is 37.1 Å². The maximum Gasteiger partial charge on any atom is 0.319 e. The van der Waals surface area contributed by atoms with E-state index in [1.807, 2.05) is 0 Å². The fourth-order valence-corrected chi connectivity index (χ4v) is 3.28. The Kier molecular flexibility index (Phi) is 3.12. The van der Waals surface area contributed by atoms with Crippen LogP contribution >= 0.6 is 0 Å². The lowest BCUT2D eigenvalue weighted by Crippen LogP contribution is -2.56. The molecule has 0 saturated carbocycles. The number of nitrogens with one attached hydrogen (secondary N) is 2. The average Bonchev–Trinajstić information content (AvgIpc) is 2.34. The number of sulfone groups is 1. The average molecular weight is 309 g/mol. The van der Waals surface area contributed by atoms with Gasteiger partial charge in [-0.15, -0.1) is 0 Å². The van der Waals surface area contributed by atoms with Crippen LogP contribution in [0, 0.1) is 0 Å². The summed E-state index contributed by atoms with van der Waals surface area (Å²) in [5, 5.41) is 4.82. The van der Waals surface area contributed by atoms with Crippen LogP contribution in [0.15, 0.2) is 18.2 Å². The first-order valence-electron chi connectivity index (χ1n) is 6.50. The molecule has 1 aromatic carbocycles. The van der Waals surface area contributed by atoms with E-state index in [1.165, 1.54) is 11.2 Å². The molecule has 2 aliphatic heterocycles. The van der Waals surface area contributed by atoms with Crippen molar-refractivity contribution < 1.29 is 18.0 Å². The normalized spacial score (nSPS) is 18.3. The van der Waals surface area contributed by atoms with Gasteiger partial charge in [0.05, 0.1) is 5.25 Å². The summed E-state index contributed by atoms with van der Waals surface area (Å²) in [5.74, 6) is -0.217. The number of carbonyl (C=O) groups excluding carboxylic acids is 2. The number of benzene rings is 1. The zero-order chi connectivity index (χ0) is 15.2. The van der Waals surface area contributed by atoms with E-state index in [4.69, 9.17) is 0 Å². The van der Waals surface area contributed by atoms with Gasteiger partial charge in [-0.1, -0.05) is 6.07 Å². The predicted octanol–water partition coefficient (Wildman–Crippen LogP) is 0.191. The van der Waals surface area contributed by atoms with Crippen molar-refractivity contribution in [3.63, 3.8) is 0 Å². The van der Waals surface area contributed by atoms with E-state index in [2.05, 4.69) is 10.6 Å². The second-order valence-corrected chi connectivity index (χ2v) is 7.67. The lowest BCUT2D eigenvalue weighted by atomic mass is 10.0. The molecule has 0 radical (unpaired) electrons. The van der Waals surface area contributed by atoms with Gasteiger partial charge in [-0.05, 0) is 17.7 Å². The van der Waals surface area contributed by atoms with E-state index in [1.54, 1.807) is 18.2 Å². The molecule has 1 saturated heterocycles. The molecule has 2 heterocycles. The Morgan fingerprint density at radius 1 is 1.33 bits per heavy atom. The molecule has 1 aromatic rings. The van der Waals surface area contributed by atoms with Gasteiger partial charge in [-0.3, -0.25) is 4.79 Å². The van der Waals surface area contributed by atoms with Gasteiger partial charge >= 0.3 is 6.03 Å². The molecule has 0 unspecified atom stereocenters. The molecular formula is C13H15N3O4S. The molecule has 21 heavy (non-hydrogen) atoms. The number of amides is 3. The molecular weight excluding hydrogens is 294 g/mol. The van der Waals surface area contributed by atoms with Gasteiger partial charge in [-0.2, -0.15) is 0 Å². The van der Waals surface area contributed by atoms with Crippen molar-refractivity contribution in [3.8, 4) is 0 Å². The summed E-state index contributed by atoms with van der Waals surface area (Å²) in [6.07, 6.45) is 1.18. The molecule has 8 heteroatoms. The van der Waals surface area contributed by atoms with E-state index in [9.17, 15) is 18.0 Å². The van der Waals surface area contributed by atoms with Crippen LogP contribution < -0.4 is 10.6 Å².